The van der Waals surface area contributed by atoms with Gasteiger partial charge in [-0.2, -0.15) is 0 Å². The van der Waals surface area contributed by atoms with Gasteiger partial charge in [0.05, 0.1) is 28.4 Å². The highest BCUT2D eigenvalue weighted by atomic mass is 19.1. The van der Waals surface area contributed by atoms with Crippen molar-refractivity contribution in [2.75, 3.05) is 28.4 Å². The number of ether oxygens (including phenoxy) is 5. The molecule has 5 nitrogen and oxygen atoms in total. The van der Waals surface area contributed by atoms with Crippen molar-refractivity contribution in [3.63, 3.8) is 0 Å². The quantitative estimate of drug-likeness (QED) is 0.199. The predicted molar refractivity (Wildman–Crippen MR) is 171 cm³/mol. The topological polar surface area (TPSA) is 46.2 Å². The van der Waals surface area contributed by atoms with Crippen molar-refractivity contribution in [2.24, 2.45) is 0 Å². The lowest BCUT2D eigenvalue weighted by Crippen LogP contribution is -2.35. The van der Waals surface area contributed by atoms with Crippen LogP contribution in [0.2, 0.25) is 0 Å². The van der Waals surface area contributed by atoms with Crippen molar-refractivity contribution < 1.29 is 28.1 Å². The van der Waals surface area contributed by atoms with Crippen molar-refractivity contribution >= 4 is 16.8 Å². The lowest BCUT2D eigenvalue weighted by Gasteiger charge is -2.38. The maximum absolute atomic E-state index is 14.6. The molecule has 1 aliphatic heterocycles. The Balaban J connectivity index is 1.54. The second-order valence-electron chi connectivity index (χ2n) is 11.7. The summed E-state index contributed by atoms with van der Waals surface area (Å²) in [5.74, 6) is 2.93. The summed E-state index contributed by atoms with van der Waals surface area (Å²) < 4.78 is 44.5. The van der Waals surface area contributed by atoms with Crippen LogP contribution in [0, 0.1) is 5.82 Å². The van der Waals surface area contributed by atoms with Crippen molar-refractivity contribution in [1.29, 1.82) is 0 Å². The lowest BCUT2D eigenvalue weighted by atomic mass is 9.76. The van der Waals surface area contributed by atoms with Crippen LogP contribution in [0.15, 0.2) is 84.9 Å². The Morgan fingerprint density at radius 3 is 1.84 bits per heavy atom. The number of benzene rings is 5. The lowest BCUT2D eigenvalue weighted by molar-refractivity contribution is 0.162. The van der Waals surface area contributed by atoms with E-state index in [0.29, 0.717) is 23.0 Å². The van der Waals surface area contributed by atoms with Crippen LogP contribution in [0.4, 0.5) is 4.39 Å². The summed E-state index contributed by atoms with van der Waals surface area (Å²) in [5.41, 5.74) is 5.42. The van der Waals surface area contributed by atoms with Gasteiger partial charge in [-0.05, 0) is 70.1 Å². The fourth-order valence-electron chi connectivity index (χ4n) is 7.02. The predicted octanol–water partition coefficient (Wildman–Crippen LogP) is 8.67. The molecular weight excluding hydrogens is 555 g/mol. The molecule has 1 heterocycles. The van der Waals surface area contributed by atoms with Gasteiger partial charge in [0.2, 0.25) is 0 Å². The maximum atomic E-state index is 14.6. The Kier molecular flexibility index (Phi) is 6.36. The molecule has 5 aromatic carbocycles. The van der Waals surface area contributed by atoms with E-state index in [0.717, 1.165) is 55.5 Å². The minimum atomic E-state index is -1.06. The van der Waals surface area contributed by atoms with Gasteiger partial charge in [-0.3, -0.25) is 0 Å². The fraction of sp³-hybridized carbons (Fsp3) is 0.211. The Bertz CT molecular complexity index is 1930. The molecule has 1 aliphatic carbocycles. The zero-order valence-corrected chi connectivity index (χ0v) is 25.6. The standard InChI is InChI=1S/C38H33FO5/c1-37(2)29-21-24(39)13-14-27(29)34-25-9-7-8-10-26(25)36-28(35(34)37)17-18-38(44-36,22-11-15-30(40-3)32(19-22)42-5)23-12-16-31(41-4)33(20-23)43-6/h7-21H,1-6H3. The van der Waals surface area contributed by atoms with Crippen LogP contribution in [0.5, 0.6) is 28.7 Å². The van der Waals surface area contributed by atoms with Gasteiger partial charge >= 0.3 is 0 Å². The number of hydrogen-bond donors (Lipinski definition) is 0. The number of methoxy groups -OCH3 is 4. The van der Waals surface area contributed by atoms with Gasteiger partial charge < -0.3 is 23.7 Å². The highest BCUT2D eigenvalue weighted by molar-refractivity contribution is 6.08. The molecule has 0 bridgehead atoms. The molecule has 0 amide bonds. The van der Waals surface area contributed by atoms with Crippen molar-refractivity contribution in [1.82, 2.24) is 0 Å². The molecule has 0 fully saturated rings. The van der Waals surface area contributed by atoms with Gasteiger partial charge in [-0.1, -0.05) is 62.4 Å². The third kappa shape index (κ3) is 3.83. The molecule has 7 rings (SSSR count). The van der Waals surface area contributed by atoms with Crippen molar-refractivity contribution in [2.45, 2.75) is 24.9 Å². The number of halogens is 1. The Labute approximate surface area is 256 Å². The average molecular weight is 589 g/mol. The number of rotatable bonds is 6. The summed E-state index contributed by atoms with van der Waals surface area (Å²) in [6.07, 6.45) is 4.24. The first-order chi connectivity index (χ1) is 21.3. The minimum Gasteiger partial charge on any atom is -0.493 e. The van der Waals surface area contributed by atoms with Crippen LogP contribution in [0.25, 0.3) is 28.0 Å². The van der Waals surface area contributed by atoms with Crippen molar-refractivity contribution in [3.8, 4) is 39.9 Å². The van der Waals surface area contributed by atoms with Crippen LogP contribution in [-0.4, -0.2) is 28.4 Å². The van der Waals surface area contributed by atoms with E-state index in [4.69, 9.17) is 23.7 Å². The van der Waals surface area contributed by atoms with E-state index in [1.54, 1.807) is 40.6 Å². The van der Waals surface area contributed by atoms with Gasteiger partial charge in [0.25, 0.3) is 0 Å². The average Bonchev–Trinajstić information content (AvgIpc) is 3.29. The third-order valence-corrected chi connectivity index (χ3v) is 9.13. The smallest absolute Gasteiger partial charge is 0.178 e. The summed E-state index contributed by atoms with van der Waals surface area (Å²) in [4.78, 5) is 0. The largest absolute Gasteiger partial charge is 0.493 e. The molecule has 222 valence electrons. The van der Waals surface area contributed by atoms with E-state index >= 15 is 0 Å². The monoisotopic (exact) mass is 588 g/mol. The molecule has 0 radical (unpaired) electrons. The Morgan fingerprint density at radius 1 is 0.659 bits per heavy atom. The zero-order valence-electron chi connectivity index (χ0n) is 25.6. The second kappa shape index (κ2) is 10.1. The van der Waals surface area contributed by atoms with E-state index < -0.39 is 11.0 Å². The molecule has 0 atom stereocenters. The van der Waals surface area contributed by atoms with E-state index in [9.17, 15) is 4.39 Å². The third-order valence-electron chi connectivity index (χ3n) is 9.13. The first-order valence-corrected chi connectivity index (χ1v) is 14.5. The first-order valence-electron chi connectivity index (χ1n) is 14.5. The minimum absolute atomic E-state index is 0.240. The highest BCUT2D eigenvalue weighted by Crippen LogP contribution is 2.58. The van der Waals surface area contributed by atoms with Crippen LogP contribution in [0.3, 0.4) is 0 Å². The van der Waals surface area contributed by atoms with E-state index in [1.165, 1.54) is 0 Å². The summed E-state index contributed by atoms with van der Waals surface area (Å²) in [7, 11) is 6.48. The van der Waals surface area contributed by atoms with Crippen molar-refractivity contribution in [3.05, 3.63) is 119 Å². The molecule has 0 unspecified atom stereocenters. The normalized spacial score (nSPS) is 15.2. The molecule has 6 heteroatoms. The molecular formula is C38H33FO5. The summed E-state index contributed by atoms with van der Waals surface area (Å²) >= 11 is 0. The first kappa shape index (κ1) is 27.8. The molecule has 0 aromatic heterocycles. The van der Waals surface area contributed by atoms with Gasteiger partial charge in [0.1, 0.15) is 11.6 Å². The van der Waals surface area contributed by atoms with E-state index in [2.05, 4.69) is 38.1 Å². The molecule has 0 saturated heterocycles. The number of fused-ring (bicyclic) bond motifs is 8. The van der Waals surface area contributed by atoms with Crippen LogP contribution in [0.1, 0.15) is 41.7 Å². The summed E-state index contributed by atoms with van der Waals surface area (Å²) in [6, 6.07) is 25.1. The van der Waals surface area contributed by atoms with Gasteiger partial charge in [0.15, 0.2) is 28.6 Å². The molecule has 2 aliphatic rings. The fourth-order valence-corrected chi connectivity index (χ4v) is 7.02. The van der Waals surface area contributed by atoms with Crippen LogP contribution < -0.4 is 23.7 Å². The van der Waals surface area contributed by atoms with Crippen LogP contribution >= 0.6 is 0 Å². The molecule has 0 N–H and O–H groups in total. The summed E-state index contributed by atoms with van der Waals surface area (Å²) in [6.45, 7) is 4.31. The molecule has 5 aromatic rings. The second-order valence-corrected chi connectivity index (χ2v) is 11.7. The molecule has 44 heavy (non-hydrogen) atoms. The molecule has 0 spiro atoms. The Hall–Kier alpha value is -4.97. The Morgan fingerprint density at radius 2 is 1.25 bits per heavy atom. The van der Waals surface area contributed by atoms with Gasteiger partial charge in [0, 0.05) is 27.5 Å². The van der Waals surface area contributed by atoms with Gasteiger partial charge in [-0.15, -0.1) is 0 Å². The zero-order chi connectivity index (χ0) is 30.8. The number of hydrogen-bond acceptors (Lipinski definition) is 5. The summed E-state index contributed by atoms with van der Waals surface area (Å²) in [5, 5.41) is 2.03. The van der Waals surface area contributed by atoms with E-state index in [-0.39, 0.29) is 5.82 Å². The highest BCUT2D eigenvalue weighted by Gasteiger charge is 2.44. The SMILES string of the molecule is COc1ccc(C2(c3ccc(OC)c(OC)c3)C=Cc3c4c(c5ccccc5c3O2)-c2ccc(F)cc2C4(C)C)cc1OC. The van der Waals surface area contributed by atoms with Crippen LogP contribution in [-0.2, 0) is 11.0 Å². The maximum Gasteiger partial charge on any atom is 0.178 e. The van der Waals surface area contributed by atoms with E-state index in [1.807, 2.05) is 54.6 Å². The van der Waals surface area contributed by atoms with Gasteiger partial charge in [-0.25, -0.2) is 4.39 Å². The molecule has 0 saturated carbocycles.